The molecule has 0 saturated carbocycles. The molecule has 0 spiro atoms. The van der Waals surface area contributed by atoms with Crippen molar-refractivity contribution in [3.05, 3.63) is 12.7 Å². The first-order valence-electron chi connectivity index (χ1n) is 6.35. The van der Waals surface area contributed by atoms with Crippen LogP contribution in [-0.4, -0.2) is 30.8 Å². The molecule has 17 heavy (non-hydrogen) atoms. The summed E-state index contributed by atoms with van der Waals surface area (Å²) in [5, 5.41) is 9.48. The normalized spacial score (nSPS) is 18.9. The van der Waals surface area contributed by atoms with E-state index in [-0.39, 0.29) is 11.5 Å². The Morgan fingerprint density at radius 3 is 2.59 bits per heavy atom. The summed E-state index contributed by atoms with van der Waals surface area (Å²) in [6, 6.07) is -0.222. The van der Waals surface area contributed by atoms with Gasteiger partial charge in [0, 0.05) is 18.7 Å². The van der Waals surface area contributed by atoms with E-state index in [2.05, 4.69) is 25.4 Å². The van der Waals surface area contributed by atoms with Gasteiger partial charge in [0.2, 0.25) is 0 Å². The molecule has 3 heteroatoms. The van der Waals surface area contributed by atoms with Gasteiger partial charge < -0.3 is 9.84 Å². The van der Waals surface area contributed by atoms with Crippen LogP contribution in [0.4, 0.5) is 0 Å². The monoisotopic (exact) mass is 241 g/mol. The molecule has 0 fully saturated rings. The number of nitrogens with zero attached hydrogens (tertiary/aromatic N) is 1. The highest BCUT2D eigenvalue weighted by Gasteiger charge is 2.21. The highest BCUT2D eigenvalue weighted by atomic mass is 16.6. The number of hydrogen-bond donors (Lipinski definition) is 1. The van der Waals surface area contributed by atoms with Crippen LogP contribution in [0.3, 0.4) is 0 Å². The van der Waals surface area contributed by atoms with Gasteiger partial charge in [-0.05, 0) is 26.2 Å². The molecule has 0 amide bonds. The quantitative estimate of drug-likeness (QED) is 0.383. The average molecular weight is 241 g/mol. The van der Waals surface area contributed by atoms with E-state index in [1.54, 1.807) is 0 Å². The Bertz CT molecular complexity index is 240. The fraction of sp³-hybridized carbons (Fsp3) is 0.786. The Kier molecular flexibility index (Phi) is 8.09. The lowest BCUT2D eigenvalue weighted by molar-refractivity contribution is -0.0851. The van der Waals surface area contributed by atoms with Crippen LogP contribution >= 0.6 is 0 Å². The van der Waals surface area contributed by atoms with Crippen molar-refractivity contribution >= 4 is 6.21 Å². The van der Waals surface area contributed by atoms with E-state index in [0.717, 1.165) is 25.7 Å². The maximum atomic E-state index is 9.48. The van der Waals surface area contributed by atoms with Crippen molar-refractivity contribution in [1.82, 2.24) is 0 Å². The predicted octanol–water partition coefficient (Wildman–Crippen LogP) is 3.18. The molecule has 0 aliphatic carbocycles. The van der Waals surface area contributed by atoms with Crippen LogP contribution in [-0.2, 0) is 4.74 Å². The maximum Gasteiger partial charge on any atom is 0.176 e. The van der Waals surface area contributed by atoms with Crippen molar-refractivity contribution in [2.45, 2.75) is 58.8 Å². The van der Waals surface area contributed by atoms with Gasteiger partial charge in [-0.1, -0.05) is 26.3 Å². The summed E-state index contributed by atoms with van der Waals surface area (Å²) in [4.78, 5) is 4.40. The lowest BCUT2D eigenvalue weighted by atomic mass is 9.82. The molecule has 1 N–H and O–H groups in total. The summed E-state index contributed by atoms with van der Waals surface area (Å²) < 4.78 is 4.84. The minimum atomic E-state index is -0.823. The number of aliphatic hydroxyl groups is 1. The summed E-state index contributed by atoms with van der Waals surface area (Å²) in [7, 11) is 1.49. The minimum Gasteiger partial charge on any atom is -0.366 e. The van der Waals surface area contributed by atoms with E-state index < -0.39 is 6.29 Å². The predicted molar refractivity (Wildman–Crippen MR) is 73.4 cm³/mol. The lowest BCUT2D eigenvalue weighted by Gasteiger charge is -2.25. The molecule has 100 valence electrons. The average Bonchev–Trinajstić information content (AvgIpc) is 2.33. The highest BCUT2D eigenvalue weighted by Crippen LogP contribution is 2.27. The van der Waals surface area contributed by atoms with Gasteiger partial charge in [-0.15, -0.1) is 6.58 Å². The van der Waals surface area contributed by atoms with E-state index in [1.807, 2.05) is 19.2 Å². The van der Waals surface area contributed by atoms with Crippen LogP contribution in [0.5, 0.6) is 0 Å². The molecule has 0 radical (unpaired) electrons. The molecule has 3 nitrogen and oxygen atoms in total. The van der Waals surface area contributed by atoms with Crippen LogP contribution in [0, 0.1) is 5.41 Å². The number of methoxy groups -OCH3 is 1. The van der Waals surface area contributed by atoms with Gasteiger partial charge in [0.05, 0.1) is 6.04 Å². The summed E-state index contributed by atoms with van der Waals surface area (Å²) in [5.41, 5.74) is 0.0880. The van der Waals surface area contributed by atoms with Crippen LogP contribution in [0.25, 0.3) is 0 Å². The minimum absolute atomic E-state index is 0.0880. The summed E-state index contributed by atoms with van der Waals surface area (Å²) in [6.45, 7) is 9.99. The largest absolute Gasteiger partial charge is 0.366 e. The highest BCUT2D eigenvalue weighted by molar-refractivity contribution is 5.65. The SMILES string of the molecule is C=CCCC(C)(/C=N/[C@@H](C)C(O)OC)CCC. The second-order valence-corrected chi connectivity index (χ2v) is 4.88. The fourth-order valence-corrected chi connectivity index (χ4v) is 1.83. The third-order valence-corrected chi connectivity index (χ3v) is 3.02. The first-order chi connectivity index (χ1) is 7.99. The number of ether oxygens (including phenoxy) is 1. The molecule has 3 atom stereocenters. The van der Waals surface area contributed by atoms with Gasteiger partial charge in [-0.25, -0.2) is 0 Å². The van der Waals surface area contributed by atoms with E-state index in [1.165, 1.54) is 7.11 Å². The zero-order chi connectivity index (χ0) is 13.3. The molecule has 0 saturated heterocycles. The van der Waals surface area contributed by atoms with E-state index in [4.69, 9.17) is 4.74 Å². The smallest absolute Gasteiger partial charge is 0.176 e. The maximum absolute atomic E-state index is 9.48. The molecular formula is C14H27NO2. The standard InChI is InChI=1S/C14H27NO2/c1-6-8-10-14(4,9-7-2)11-15-12(3)13(16)17-5/h6,11-13,16H,1,7-10H2,2-5H3/b15-11+/t12-,13?,14?/m0/s1. The molecule has 0 heterocycles. The number of aliphatic imine (C=N–C) groups is 1. The third-order valence-electron chi connectivity index (χ3n) is 3.02. The fourth-order valence-electron chi connectivity index (χ4n) is 1.83. The number of rotatable bonds is 9. The zero-order valence-corrected chi connectivity index (χ0v) is 11.6. The Morgan fingerprint density at radius 2 is 2.12 bits per heavy atom. The van der Waals surface area contributed by atoms with Gasteiger partial charge in [0.25, 0.3) is 0 Å². The molecule has 0 aliphatic heterocycles. The Hall–Kier alpha value is -0.670. The second-order valence-electron chi connectivity index (χ2n) is 4.88. The Morgan fingerprint density at radius 1 is 1.47 bits per heavy atom. The number of hydrogen-bond acceptors (Lipinski definition) is 3. The molecule has 0 aromatic rings. The van der Waals surface area contributed by atoms with Crippen molar-refractivity contribution in [2.24, 2.45) is 10.4 Å². The van der Waals surface area contributed by atoms with Crippen molar-refractivity contribution in [2.75, 3.05) is 7.11 Å². The zero-order valence-electron chi connectivity index (χ0n) is 11.6. The summed E-state index contributed by atoms with van der Waals surface area (Å²) >= 11 is 0. The van der Waals surface area contributed by atoms with Crippen molar-refractivity contribution in [3.8, 4) is 0 Å². The third kappa shape index (κ3) is 6.59. The first-order valence-corrected chi connectivity index (χ1v) is 6.35. The lowest BCUT2D eigenvalue weighted by Crippen LogP contribution is -2.25. The summed E-state index contributed by atoms with van der Waals surface area (Å²) in [6.07, 6.45) is 7.35. The van der Waals surface area contributed by atoms with Crippen molar-refractivity contribution in [3.63, 3.8) is 0 Å². The van der Waals surface area contributed by atoms with Crippen LogP contribution < -0.4 is 0 Å². The molecule has 2 unspecified atom stereocenters. The van der Waals surface area contributed by atoms with Gasteiger partial charge in [0.15, 0.2) is 6.29 Å². The van der Waals surface area contributed by atoms with Gasteiger partial charge in [-0.2, -0.15) is 0 Å². The van der Waals surface area contributed by atoms with Gasteiger partial charge in [-0.3, -0.25) is 4.99 Å². The molecule has 0 rings (SSSR count). The van der Waals surface area contributed by atoms with E-state index in [0.29, 0.717) is 0 Å². The Labute approximate surface area is 106 Å². The summed E-state index contributed by atoms with van der Waals surface area (Å²) in [5.74, 6) is 0. The topological polar surface area (TPSA) is 41.8 Å². The van der Waals surface area contributed by atoms with Gasteiger partial charge in [0.1, 0.15) is 0 Å². The molecule has 0 bridgehead atoms. The first kappa shape index (κ1) is 16.3. The van der Waals surface area contributed by atoms with Crippen LogP contribution in [0.15, 0.2) is 17.6 Å². The van der Waals surface area contributed by atoms with Gasteiger partial charge >= 0.3 is 0 Å². The van der Waals surface area contributed by atoms with E-state index in [9.17, 15) is 5.11 Å². The second kappa shape index (κ2) is 8.43. The van der Waals surface area contributed by atoms with Crippen molar-refractivity contribution < 1.29 is 9.84 Å². The van der Waals surface area contributed by atoms with Crippen LogP contribution in [0.1, 0.15) is 46.5 Å². The molecular weight excluding hydrogens is 214 g/mol. The molecule has 0 aromatic heterocycles. The number of allylic oxidation sites excluding steroid dienone is 1. The number of aliphatic hydroxyl groups excluding tert-OH is 1. The molecule has 0 aliphatic rings. The van der Waals surface area contributed by atoms with Crippen LogP contribution in [0.2, 0.25) is 0 Å². The Balaban J connectivity index is 4.50. The van der Waals surface area contributed by atoms with Crippen molar-refractivity contribution in [1.29, 1.82) is 0 Å². The van der Waals surface area contributed by atoms with E-state index >= 15 is 0 Å². The molecule has 0 aromatic carbocycles.